The molecule has 1 heterocycles. The molecule has 0 aromatic heterocycles. The van der Waals surface area contributed by atoms with E-state index >= 15 is 0 Å². The molecule has 1 saturated heterocycles. The number of esters is 1. The predicted molar refractivity (Wildman–Crippen MR) is 149 cm³/mol. The molecule has 0 spiro atoms. The molecule has 3 aromatic rings. The number of thioether (sulfide) groups is 1. The smallest absolute Gasteiger partial charge is 0.344 e. The summed E-state index contributed by atoms with van der Waals surface area (Å²) in [6.07, 6.45) is 1.64. The van der Waals surface area contributed by atoms with E-state index in [0.717, 1.165) is 0 Å². The molecule has 1 amide bonds. The molecule has 1 aliphatic heterocycles. The van der Waals surface area contributed by atoms with E-state index in [9.17, 15) is 19.5 Å². The highest BCUT2D eigenvalue weighted by molar-refractivity contribution is 8.18. The Labute approximate surface area is 238 Å². The molecule has 1 aliphatic rings. The van der Waals surface area contributed by atoms with Crippen LogP contribution < -0.4 is 9.84 Å². The predicted octanol–water partition coefficient (Wildman–Crippen LogP) is 5.10. The Morgan fingerprint density at radius 3 is 2.33 bits per heavy atom. The largest absolute Gasteiger partial charge is 0.545 e. The van der Waals surface area contributed by atoms with Crippen LogP contribution in [0.3, 0.4) is 0 Å². The fraction of sp³-hybridized carbons (Fsp3) is 0.143. The first kappa shape index (κ1) is 28.2. The Morgan fingerprint density at radius 2 is 1.72 bits per heavy atom. The number of halogens is 2. The van der Waals surface area contributed by atoms with Crippen LogP contribution in [-0.4, -0.2) is 41.1 Å². The van der Waals surface area contributed by atoms with Crippen LogP contribution in [0.5, 0.6) is 5.75 Å². The van der Waals surface area contributed by atoms with Gasteiger partial charge in [0.15, 0.2) is 17.5 Å². The number of hydrogen-bond donors (Lipinski definition) is 0. The monoisotopic (exact) mass is 583 g/mol. The van der Waals surface area contributed by atoms with Gasteiger partial charge >= 0.3 is 5.97 Å². The van der Waals surface area contributed by atoms with Crippen molar-refractivity contribution in [2.24, 2.45) is 4.99 Å². The molecule has 4 rings (SSSR count). The van der Waals surface area contributed by atoms with Crippen molar-refractivity contribution >= 4 is 69.7 Å². The van der Waals surface area contributed by atoms with Crippen molar-refractivity contribution in [1.29, 1.82) is 0 Å². The normalized spacial score (nSPS) is 15.2. The second-order valence-corrected chi connectivity index (χ2v) is 9.95. The quantitative estimate of drug-likeness (QED) is 0.254. The minimum Gasteiger partial charge on any atom is -0.545 e. The molecule has 0 saturated carbocycles. The number of hydrogen-bond acceptors (Lipinski definition) is 8. The van der Waals surface area contributed by atoms with Crippen LogP contribution >= 0.6 is 35.0 Å². The zero-order valence-electron chi connectivity index (χ0n) is 20.6. The summed E-state index contributed by atoms with van der Waals surface area (Å²) < 4.78 is 10.3. The standard InChI is InChI=1S/C28H22Cl2N2O6S/c1-2-37-24(33)16-38-25-21(29)12-18(13-22(25)30)14-23-26(34)32(15-17-8-10-19(11-9-17)27(35)36)28(39-23)31-20-6-4-3-5-7-20/h3-14H,2,15-16H2,1H3,(H,35,36)/p-1/b23-14-,31-28?. The van der Waals surface area contributed by atoms with Gasteiger partial charge < -0.3 is 19.4 Å². The number of carbonyl (C=O) groups is 3. The number of aliphatic imine (C=N–C) groups is 1. The molecule has 11 heteroatoms. The Balaban J connectivity index is 1.62. The third-order valence-corrected chi connectivity index (χ3v) is 6.93. The van der Waals surface area contributed by atoms with Gasteiger partial charge in [0.05, 0.1) is 39.8 Å². The second kappa shape index (κ2) is 12.8. The minimum atomic E-state index is -1.28. The summed E-state index contributed by atoms with van der Waals surface area (Å²) in [5.74, 6) is -2.00. The Hall–Kier alpha value is -3.79. The molecule has 3 aromatic carbocycles. The molecule has 8 nitrogen and oxygen atoms in total. The Morgan fingerprint density at radius 1 is 1.05 bits per heavy atom. The molecule has 0 aliphatic carbocycles. The number of carbonyl (C=O) groups excluding carboxylic acids is 3. The lowest BCUT2D eigenvalue weighted by atomic mass is 10.1. The number of carboxylic acids is 1. The van der Waals surface area contributed by atoms with E-state index < -0.39 is 11.9 Å². The summed E-state index contributed by atoms with van der Waals surface area (Å²) in [6.45, 7) is 1.73. The number of amidine groups is 1. The summed E-state index contributed by atoms with van der Waals surface area (Å²) in [5.41, 5.74) is 1.97. The molecule has 0 radical (unpaired) electrons. The lowest BCUT2D eigenvalue weighted by Gasteiger charge is -2.16. The van der Waals surface area contributed by atoms with Crippen molar-refractivity contribution in [3.63, 3.8) is 0 Å². The zero-order valence-corrected chi connectivity index (χ0v) is 22.9. The lowest BCUT2D eigenvalue weighted by Crippen LogP contribution is -2.28. The maximum atomic E-state index is 13.5. The minimum absolute atomic E-state index is 0.0445. The van der Waals surface area contributed by atoms with Gasteiger partial charge in [-0.2, -0.15) is 0 Å². The van der Waals surface area contributed by atoms with Crippen molar-refractivity contribution in [3.05, 3.63) is 98.4 Å². The maximum absolute atomic E-state index is 13.5. The van der Waals surface area contributed by atoms with Crippen molar-refractivity contribution in [1.82, 2.24) is 4.90 Å². The second-order valence-electron chi connectivity index (χ2n) is 8.12. The van der Waals surface area contributed by atoms with Crippen molar-refractivity contribution < 1.29 is 29.0 Å². The maximum Gasteiger partial charge on any atom is 0.344 e. The molecule has 0 bridgehead atoms. The third-order valence-electron chi connectivity index (χ3n) is 5.36. The van der Waals surface area contributed by atoms with Gasteiger partial charge in [0.2, 0.25) is 0 Å². The summed E-state index contributed by atoms with van der Waals surface area (Å²) in [7, 11) is 0. The Kier molecular flexibility index (Phi) is 9.29. The van der Waals surface area contributed by atoms with Gasteiger partial charge in [-0.15, -0.1) is 0 Å². The summed E-state index contributed by atoms with van der Waals surface area (Å²) in [6, 6.07) is 18.4. The zero-order chi connectivity index (χ0) is 27.9. The lowest BCUT2D eigenvalue weighted by molar-refractivity contribution is -0.255. The molecule has 39 heavy (non-hydrogen) atoms. The fourth-order valence-electron chi connectivity index (χ4n) is 3.56. The van der Waals surface area contributed by atoms with E-state index in [0.29, 0.717) is 26.9 Å². The van der Waals surface area contributed by atoms with E-state index in [-0.39, 0.29) is 47.0 Å². The van der Waals surface area contributed by atoms with Gasteiger partial charge in [0.1, 0.15) is 0 Å². The number of nitrogens with zero attached hydrogens (tertiary/aromatic N) is 2. The highest BCUT2D eigenvalue weighted by Gasteiger charge is 2.33. The average Bonchev–Trinajstić information content (AvgIpc) is 3.18. The summed E-state index contributed by atoms with van der Waals surface area (Å²) >= 11 is 13.9. The molecule has 0 N–H and O–H groups in total. The van der Waals surface area contributed by atoms with E-state index in [1.54, 1.807) is 37.3 Å². The topological polar surface area (TPSA) is 108 Å². The highest BCUT2D eigenvalue weighted by Crippen LogP contribution is 2.38. The van der Waals surface area contributed by atoms with Crippen LogP contribution in [0.4, 0.5) is 5.69 Å². The van der Waals surface area contributed by atoms with Gasteiger partial charge in [-0.1, -0.05) is 65.7 Å². The van der Waals surface area contributed by atoms with Crippen molar-refractivity contribution in [2.75, 3.05) is 13.2 Å². The van der Waals surface area contributed by atoms with Crippen LogP contribution in [0.15, 0.2) is 76.6 Å². The van der Waals surface area contributed by atoms with Gasteiger partial charge in [-0.25, -0.2) is 9.79 Å². The third kappa shape index (κ3) is 7.20. The van der Waals surface area contributed by atoms with Gasteiger partial charge in [0.25, 0.3) is 5.91 Å². The molecule has 1 fully saturated rings. The van der Waals surface area contributed by atoms with E-state index in [2.05, 4.69) is 4.99 Å². The first-order chi connectivity index (χ1) is 18.7. The van der Waals surface area contributed by atoms with Crippen molar-refractivity contribution in [2.45, 2.75) is 13.5 Å². The van der Waals surface area contributed by atoms with Crippen LogP contribution in [0.1, 0.15) is 28.4 Å². The molecule has 200 valence electrons. The van der Waals surface area contributed by atoms with E-state index in [1.165, 1.54) is 28.8 Å². The fourth-order valence-corrected chi connectivity index (χ4v) is 5.17. The first-order valence-electron chi connectivity index (χ1n) is 11.7. The number of amides is 1. The number of para-hydroxylation sites is 1. The summed E-state index contributed by atoms with van der Waals surface area (Å²) in [4.78, 5) is 42.7. The SMILES string of the molecule is CCOC(=O)COc1c(Cl)cc(/C=C2\SC(=Nc3ccccc3)N(Cc3ccc(C(=O)[O-])cc3)C2=O)cc1Cl. The Bertz CT molecular complexity index is 1440. The molecular formula is C28H21Cl2N2O6S-. The highest BCUT2D eigenvalue weighted by atomic mass is 35.5. The van der Waals surface area contributed by atoms with E-state index in [4.69, 9.17) is 32.7 Å². The first-order valence-corrected chi connectivity index (χ1v) is 13.2. The van der Waals surface area contributed by atoms with Gasteiger partial charge in [0, 0.05) is 0 Å². The molecular weight excluding hydrogens is 563 g/mol. The van der Waals surface area contributed by atoms with Crippen molar-refractivity contribution in [3.8, 4) is 5.75 Å². The number of benzene rings is 3. The van der Waals surface area contributed by atoms with Gasteiger partial charge in [-0.05, 0) is 65.7 Å². The number of ether oxygens (including phenoxy) is 2. The summed E-state index contributed by atoms with van der Waals surface area (Å²) in [5, 5.41) is 11.9. The van der Waals surface area contributed by atoms with Gasteiger partial charge in [-0.3, -0.25) is 9.69 Å². The molecule has 0 atom stereocenters. The van der Waals surface area contributed by atoms with E-state index in [1.807, 2.05) is 30.3 Å². The number of aromatic carboxylic acids is 1. The van der Waals surface area contributed by atoms with Crippen LogP contribution in [-0.2, 0) is 20.9 Å². The van der Waals surface area contributed by atoms with Crippen LogP contribution in [0, 0.1) is 0 Å². The van der Waals surface area contributed by atoms with Crippen LogP contribution in [0.25, 0.3) is 6.08 Å². The molecule has 0 unspecified atom stereocenters. The number of rotatable bonds is 9. The average molecular weight is 584 g/mol. The number of carboxylic acid groups (broad SMARTS) is 1. The van der Waals surface area contributed by atoms with Crippen LogP contribution in [0.2, 0.25) is 10.0 Å².